The molecule has 18 heavy (non-hydrogen) atoms. The third kappa shape index (κ3) is 1.98. The van der Waals surface area contributed by atoms with Gasteiger partial charge in [0.15, 0.2) is 0 Å². The van der Waals surface area contributed by atoms with E-state index >= 15 is 0 Å². The zero-order valence-corrected chi connectivity index (χ0v) is 11.0. The molecule has 0 aliphatic heterocycles. The van der Waals surface area contributed by atoms with Crippen molar-refractivity contribution in [3.05, 3.63) is 47.1 Å². The van der Waals surface area contributed by atoms with E-state index in [-0.39, 0.29) is 5.82 Å². The van der Waals surface area contributed by atoms with Crippen LogP contribution in [0.25, 0.3) is 20.7 Å². The molecule has 90 valence electrons. The fraction of sp³-hybridized carbons (Fsp3) is 0.0769. The van der Waals surface area contributed by atoms with E-state index < -0.39 is 0 Å². The Balaban J connectivity index is 2.19. The van der Waals surface area contributed by atoms with E-state index in [1.54, 1.807) is 12.1 Å². The number of aryl methyl sites for hydroxylation is 1. The Kier molecular flexibility index (Phi) is 2.76. The first kappa shape index (κ1) is 11.6. The van der Waals surface area contributed by atoms with Gasteiger partial charge in [-0.25, -0.2) is 14.4 Å². The minimum Gasteiger partial charge on any atom is -0.222 e. The fourth-order valence-electron chi connectivity index (χ4n) is 1.74. The molecule has 0 fully saturated rings. The zero-order chi connectivity index (χ0) is 12.7. The molecular formula is C13H8ClFN2S. The first-order valence-corrected chi connectivity index (χ1v) is 6.52. The molecule has 0 bridgehead atoms. The van der Waals surface area contributed by atoms with Crippen molar-refractivity contribution in [2.75, 3.05) is 0 Å². The molecule has 3 aromatic rings. The third-order valence-electron chi connectivity index (χ3n) is 2.59. The lowest BCUT2D eigenvalue weighted by Crippen LogP contribution is -1.86. The molecule has 5 heteroatoms. The number of halogens is 2. The van der Waals surface area contributed by atoms with E-state index in [1.807, 2.05) is 13.0 Å². The number of aromatic nitrogens is 2. The molecule has 0 aliphatic rings. The summed E-state index contributed by atoms with van der Waals surface area (Å²) in [7, 11) is 0. The van der Waals surface area contributed by atoms with Crippen LogP contribution in [0, 0.1) is 12.7 Å². The lowest BCUT2D eigenvalue weighted by Gasteiger charge is -1.95. The smallest absolute Gasteiger partial charge is 0.141 e. The fourth-order valence-corrected chi connectivity index (χ4v) is 3.15. The van der Waals surface area contributed by atoms with Crippen LogP contribution in [0.2, 0.25) is 5.15 Å². The van der Waals surface area contributed by atoms with E-state index in [0.29, 0.717) is 11.0 Å². The van der Waals surface area contributed by atoms with E-state index in [1.165, 1.54) is 23.5 Å². The van der Waals surface area contributed by atoms with Crippen molar-refractivity contribution in [1.29, 1.82) is 0 Å². The van der Waals surface area contributed by atoms with E-state index in [9.17, 15) is 4.39 Å². The normalized spacial score (nSPS) is 11.1. The average Bonchev–Trinajstić information content (AvgIpc) is 2.74. The summed E-state index contributed by atoms with van der Waals surface area (Å²) < 4.78 is 12.9. The summed E-state index contributed by atoms with van der Waals surface area (Å²) in [6.07, 6.45) is 0. The zero-order valence-electron chi connectivity index (χ0n) is 9.45. The number of rotatable bonds is 1. The van der Waals surface area contributed by atoms with Crippen molar-refractivity contribution < 1.29 is 4.39 Å². The monoisotopic (exact) mass is 278 g/mol. The molecule has 0 radical (unpaired) electrons. The Labute approximate surface area is 112 Å². The summed E-state index contributed by atoms with van der Waals surface area (Å²) in [5, 5.41) is 1.30. The van der Waals surface area contributed by atoms with Gasteiger partial charge in [-0.1, -0.05) is 23.7 Å². The lowest BCUT2D eigenvalue weighted by molar-refractivity contribution is 0.628. The van der Waals surface area contributed by atoms with Crippen molar-refractivity contribution in [3.8, 4) is 10.4 Å². The lowest BCUT2D eigenvalue weighted by atomic mass is 10.2. The molecule has 2 aromatic heterocycles. The standard InChI is InChI=1S/C13H8ClFN2S/c1-7-16-12(14)10-6-11(18-13(10)17-7)8-2-4-9(15)5-3-8/h2-6H,1H3. The van der Waals surface area contributed by atoms with Crippen molar-refractivity contribution in [2.45, 2.75) is 6.92 Å². The maximum absolute atomic E-state index is 12.9. The second-order valence-electron chi connectivity index (χ2n) is 3.90. The SMILES string of the molecule is Cc1nc(Cl)c2cc(-c3ccc(F)cc3)sc2n1. The number of fused-ring (bicyclic) bond motifs is 1. The molecule has 1 aromatic carbocycles. The van der Waals surface area contributed by atoms with Crippen LogP contribution in [0.4, 0.5) is 4.39 Å². The Morgan fingerprint density at radius 2 is 1.89 bits per heavy atom. The molecule has 0 saturated heterocycles. The molecular weight excluding hydrogens is 271 g/mol. The van der Waals surface area contributed by atoms with Crippen LogP contribution < -0.4 is 0 Å². The van der Waals surface area contributed by atoms with Gasteiger partial charge >= 0.3 is 0 Å². The van der Waals surface area contributed by atoms with Crippen LogP contribution in [0.15, 0.2) is 30.3 Å². The Morgan fingerprint density at radius 1 is 1.17 bits per heavy atom. The second kappa shape index (κ2) is 4.30. The summed E-state index contributed by atoms with van der Waals surface area (Å²) in [6.45, 7) is 1.81. The number of hydrogen-bond acceptors (Lipinski definition) is 3. The minimum atomic E-state index is -0.242. The number of nitrogens with zero attached hydrogens (tertiary/aromatic N) is 2. The highest BCUT2D eigenvalue weighted by molar-refractivity contribution is 7.21. The molecule has 0 atom stereocenters. The number of benzene rings is 1. The molecule has 0 amide bonds. The molecule has 2 heterocycles. The third-order valence-corrected chi connectivity index (χ3v) is 3.95. The van der Waals surface area contributed by atoms with Gasteiger partial charge in [-0.2, -0.15) is 0 Å². The summed E-state index contributed by atoms with van der Waals surface area (Å²) in [4.78, 5) is 10.3. The van der Waals surface area contributed by atoms with Gasteiger partial charge in [-0.15, -0.1) is 11.3 Å². The van der Waals surface area contributed by atoms with Crippen LogP contribution in [0.5, 0.6) is 0 Å². The van der Waals surface area contributed by atoms with Gasteiger partial charge < -0.3 is 0 Å². The summed E-state index contributed by atoms with van der Waals surface area (Å²) in [6, 6.07) is 8.31. The van der Waals surface area contributed by atoms with Gasteiger partial charge in [-0.3, -0.25) is 0 Å². The summed E-state index contributed by atoms with van der Waals surface area (Å²) >= 11 is 7.61. The Morgan fingerprint density at radius 3 is 2.61 bits per heavy atom. The van der Waals surface area contributed by atoms with Gasteiger partial charge in [0.25, 0.3) is 0 Å². The van der Waals surface area contributed by atoms with Crippen molar-refractivity contribution in [2.24, 2.45) is 0 Å². The molecule has 0 unspecified atom stereocenters. The topological polar surface area (TPSA) is 25.8 Å². The van der Waals surface area contributed by atoms with Gasteiger partial charge in [0.2, 0.25) is 0 Å². The highest BCUT2D eigenvalue weighted by Gasteiger charge is 2.10. The summed E-state index contributed by atoms with van der Waals surface area (Å²) in [5.41, 5.74) is 0.952. The van der Waals surface area contributed by atoms with Gasteiger partial charge in [0.05, 0.1) is 0 Å². The van der Waals surface area contributed by atoms with Crippen molar-refractivity contribution >= 4 is 33.2 Å². The second-order valence-corrected chi connectivity index (χ2v) is 5.29. The first-order chi connectivity index (χ1) is 8.63. The maximum atomic E-state index is 12.9. The quantitative estimate of drug-likeness (QED) is 0.614. The number of thiophene rings is 1. The van der Waals surface area contributed by atoms with E-state index in [4.69, 9.17) is 11.6 Å². The van der Waals surface area contributed by atoms with Gasteiger partial charge in [-0.05, 0) is 30.7 Å². The molecule has 0 spiro atoms. The Hall–Kier alpha value is -1.52. The van der Waals surface area contributed by atoms with Crippen LogP contribution >= 0.6 is 22.9 Å². The Bertz CT molecular complexity index is 722. The van der Waals surface area contributed by atoms with E-state index in [0.717, 1.165) is 20.7 Å². The maximum Gasteiger partial charge on any atom is 0.141 e. The van der Waals surface area contributed by atoms with Crippen LogP contribution in [0.3, 0.4) is 0 Å². The average molecular weight is 279 g/mol. The van der Waals surface area contributed by atoms with Crippen LogP contribution in [-0.4, -0.2) is 9.97 Å². The van der Waals surface area contributed by atoms with Crippen LogP contribution in [-0.2, 0) is 0 Å². The van der Waals surface area contributed by atoms with Gasteiger partial charge in [0.1, 0.15) is 21.6 Å². The highest BCUT2D eigenvalue weighted by atomic mass is 35.5. The number of hydrogen-bond donors (Lipinski definition) is 0. The highest BCUT2D eigenvalue weighted by Crippen LogP contribution is 2.35. The first-order valence-electron chi connectivity index (χ1n) is 5.33. The molecule has 0 N–H and O–H groups in total. The molecule has 0 saturated carbocycles. The minimum absolute atomic E-state index is 0.242. The largest absolute Gasteiger partial charge is 0.222 e. The molecule has 2 nitrogen and oxygen atoms in total. The predicted octanol–water partition coefficient (Wildman–Crippen LogP) is 4.46. The summed E-state index contributed by atoms with van der Waals surface area (Å²) in [5.74, 6) is 0.411. The molecule has 0 aliphatic carbocycles. The molecule has 3 rings (SSSR count). The van der Waals surface area contributed by atoms with Gasteiger partial charge in [0, 0.05) is 10.3 Å². The predicted molar refractivity (Wildman–Crippen MR) is 72.6 cm³/mol. The van der Waals surface area contributed by atoms with Crippen molar-refractivity contribution in [1.82, 2.24) is 9.97 Å². The van der Waals surface area contributed by atoms with Crippen LogP contribution in [0.1, 0.15) is 5.82 Å². The van der Waals surface area contributed by atoms with E-state index in [2.05, 4.69) is 9.97 Å². The van der Waals surface area contributed by atoms with Crippen molar-refractivity contribution in [3.63, 3.8) is 0 Å².